The second kappa shape index (κ2) is 5.73. The van der Waals surface area contributed by atoms with E-state index in [0.717, 1.165) is 49.6 Å². The first-order valence-corrected chi connectivity index (χ1v) is 7.19. The highest BCUT2D eigenvalue weighted by Crippen LogP contribution is 2.17. The topological polar surface area (TPSA) is 58.3 Å². The summed E-state index contributed by atoms with van der Waals surface area (Å²) in [5.41, 5.74) is 7.64. The summed E-state index contributed by atoms with van der Waals surface area (Å²) in [5.74, 6) is 0.976. The predicted octanol–water partition coefficient (Wildman–Crippen LogP) is 1.10. The zero-order valence-corrected chi connectivity index (χ0v) is 11.9. The summed E-state index contributed by atoms with van der Waals surface area (Å²) in [5, 5.41) is 0. The van der Waals surface area contributed by atoms with Crippen LogP contribution in [0.15, 0.2) is 30.5 Å². The number of para-hydroxylation sites is 2. The smallest absolute Gasteiger partial charge is 0.147 e. The average molecular weight is 271 g/mol. The van der Waals surface area contributed by atoms with Gasteiger partial charge in [0, 0.05) is 38.8 Å². The molecule has 0 spiro atoms. The Morgan fingerprint density at radius 2 is 1.85 bits per heavy atom. The van der Waals surface area contributed by atoms with Crippen molar-refractivity contribution in [3.8, 4) is 0 Å². The molecule has 0 radical (unpaired) electrons. The Morgan fingerprint density at radius 3 is 2.55 bits per heavy atom. The van der Waals surface area contributed by atoms with Crippen molar-refractivity contribution in [1.82, 2.24) is 14.9 Å². The molecule has 3 rings (SSSR count). The van der Waals surface area contributed by atoms with E-state index in [0.29, 0.717) is 6.04 Å². The average Bonchev–Trinajstić information content (AvgIpc) is 2.54. The van der Waals surface area contributed by atoms with Gasteiger partial charge in [-0.3, -0.25) is 9.88 Å². The molecule has 0 amide bonds. The van der Waals surface area contributed by atoms with Crippen molar-refractivity contribution in [2.45, 2.75) is 13.0 Å². The van der Waals surface area contributed by atoms with Gasteiger partial charge in [0.2, 0.25) is 0 Å². The molecule has 1 aliphatic heterocycles. The first-order valence-electron chi connectivity index (χ1n) is 7.19. The number of aromatic nitrogens is 2. The highest BCUT2D eigenvalue weighted by molar-refractivity contribution is 5.75. The summed E-state index contributed by atoms with van der Waals surface area (Å²) in [7, 11) is 0. The molecule has 1 aromatic carbocycles. The molecule has 1 atom stereocenters. The number of piperazine rings is 1. The molecule has 0 bridgehead atoms. The lowest BCUT2D eigenvalue weighted by Crippen LogP contribution is -2.51. The Kier molecular flexibility index (Phi) is 3.80. The van der Waals surface area contributed by atoms with E-state index in [9.17, 15) is 0 Å². The zero-order valence-electron chi connectivity index (χ0n) is 11.9. The molecule has 5 heteroatoms. The third-order valence-corrected chi connectivity index (χ3v) is 4.04. The second-order valence-corrected chi connectivity index (χ2v) is 5.32. The van der Waals surface area contributed by atoms with Gasteiger partial charge >= 0.3 is 0 Å². The monoisotopic (exact) mass is 271 g/mol. The Hall–Kier alpha value is -1.72. The van der Waals surface area contributed by atoms with Crippen LogP contribution in [-0.2, 0) is 0 Å². The Labute approximate surface area is 119 Å². The number of nitrogens with zero attached hydrogens (tertiary/aromatic N) is 4. The Morgan fingerprint density at radius 1 is 1.15 bits per heavy atom. The minimum atomic E-state index is 0.458. The molecule has 2 aromatic rings. The van der Waals surface area contributed by atoms with Gasteiger partial charge in [-0.15, -0.1) is 0 Å². The largest absolute Gasteiger partial charge is 0.353 e. The normalized spacial score (nSPS) is 18.4. The van der Waals surface area contributed by atoms with Crippen molar-refractivity contribution in [2.24, 2.45) is 5.73 Å². The first-order chi connectivity index (χ1) is 9.78. The Bertz CT molecular complexity index is 577. The van der Waals surface area contributed by atoms with Crippen LogP contribution in [0.4, 0.5) is 5.82 Å². The molecule has 5 nitrogen and oxygen atoms in total. The van der Waals surface area contributed by atoms with E-state index in [1.165, 1.54) is 0 Å². The summed E-state index contributed by atoms with van der Waals surface area (Å²) < 4.78 is 0. The van der Waals surface area contributed by atoms with Gasteiger partial charge in [0.05, 0.1) is 17.2 Å². The number of nitrogens with two attached hydrogens (primary N) is 1. The number of anilines is 1. The van der Waals surface area contributed by atoms with Gasteiger partial charge in [-0.1, -0.05) is 12.1 Å². The lowest BCUT2D eigenvalue weighted by Gasteiger charge is -2.38. The van der Waals surface area contributed by atoms with Crippen LogP contribution in [0.25, 0.3) is 11.0 Å². The van der Waals surface area contributed by atoms with Crippen molar-refractivity contribution < 1.29 is 0 Å². The van der Waals surface area contributed by atoms with Crippen LogP contribution in [0, 0.1) is 0 Å². The molecule has 2 N–H and O–H groups in total. The van der Waals surface area contributed by atoms with Crippen LogP contribution in [0.1, 0.15) is 6.92 Å². The fourth-order valence-electron chi connectivity index (χ4n) is 2.64. The van der Waals surface area contributed by atoms with Crippen LogP contribution in [0.3, 0.4) is 0 Å². The number of hydrogen-bond donors (Lipinski definition) is 1. The standard InChI is InChI=1S/C15H21N5/c1-12(10-16)19-6-8-20(9-7-19)15-11-17-13-4-2-3-5-14(13)18-15/h2-5,11-12H,6-10,16H2,1H3. The van der Waals surface area contributed by atoms with Gasteiger partial charge < -0.3 is 10.6 Å². The van der Waals surface area contributed by atoms with Crippen LogP contribution in [0.2, 0.25) is 0 Å². The number of fused-ring (bicyclic) bond motifs is 1. The fraction of sp³-hybridized carbons (Fsp3) is 0.467. The number of rotatable bonds is 3. The van der Waals surface area contributed by atoms with Gasteiger partial charge in [-0.05, 0) is 19.1 Å². The summed E-state index contributed by atoms with van der Waals surface area (Å²) in [6.45, 7) is 6.94. The molecule has 20 heavy (non-hydrogen) atoms. The molecular formula is C15H21N5. The molecule has 0 saturated carbocycles. The quantitative estimate of drug-likeness (QED) is 0.906. The van der Waals surface area contributed by atoms with E-state index in [1.54, 1.807) is 0 Å². The number of hydrogen-bond acceptors (Lipinski definition) is 5. The predicted molar refractivity (Wildman–Crippen MR) is 81.8 cm³/mol. The molecule has 1 fully saturated rings. The lowest BCUT2D eigenvalue weighted by molar-refractivity contribution is 0.201. The molecule has 1 aromatic heterocycles. The molecule has 1 aliphatic rings. The second-order valence-electron chi connectivity index (χ2n) is 5.32. The molecular weight excluding hydrogens is 250 g/mol. The van der Waals surface area contributed by atoms with Crippen molar-refractivity contribution >= 4 is 16.9 Å². The van der Waals surface area contributed by atoms with Gasteiger partial charge in [0.25, 0.3) is 0 Å². The number of benzene rings is 1. The minimum absolute atomic E-state index is 0.458. The highest BCUT2D eigenvalue weighted by Gasteiger charge is 2.21. The van der Waals surface area contributed by atoms with E-state index in [1.807, 2.05) is 30.5 Å². The van der Waals surface area contributed by atoms with Crippen molar-refractivity contribution in [3.05, 3.63) is 30.5 Å². The lowest BCUT2D eigenvalue weighted by atomic mass is 10.2. The van der Waals surface area contributed by atoms with Crippen LogP contribution in [0.5, 0.6) is 0 Å². The molecule has 106 valence electrons. The Balaban J connectivity index is 1.73. The summed E-state index contributed by atoms with van der Waals surface area (Å²) in [6, 6.07) is 8.46. The maximum Gasteiger partial charge on any atom is 0.147 e. The van der Waals surface area contributed by atoms with Crippen molar-refractivity contribution in [3.63, 3.8) is 0 Å². The first kappa shape index (κ1) is 13.3. The highest BCUT2D eigenvalue weighted by atomic mass is 15.3. The van der Waals surface area contributed by atoms with Crippen LogP contribution >= 0.6 is 0 Å². The SMILES string of the molecule is CC(CN)N1CCN(c2cnc3ccccc3n2)CC1. The van der Waals surface area contributed by atoms with E-state index in [-0.39, 0.29) is 0 Å². The van der Waals surface area contributed by atoms with E-state index in [2.05, 4.69) is 21.7 Å². The van der Waals surface area contributed by atoms with Gasteiger partial charge in [0.15, 0.2) is 0 Å². The summed E-state index contributed by atoms with van der Waals surface area (Å²) in [6.07, 6.45) is 1.88. The molecule has 1 saturated heterocycles. The van der Waals surface area contributed by atoms with E-state index in [4.69, 9.17) is 10.7 Å². The zero-order chi connectivity index (χ0) is 13.9. The molecule has 1 unspecified atom stereocenters. The molecule has 0 aliphatic carbocycles. The maximum absolute atomic E-state index is 5.73. The van der Waals surface area contributed by atoms with Gasteiger partial charge in [0.1, 0.15) is 5.82 Å². The minimum Gasteiger partial charge on any atom is -0.353 e. The van der Waals surface area contributed by atoms with Crippen molar-refractivity contribution in [2.75, 3.05) is 37.6 Å². The van der Waals surface area contributed by atoms with Crippen molar-refractivity contribution in [1.29, 1.82) is 0 Å². The third kappa shape index (κ3) is 2.59. The maximum atomic E-state index is 5.73. The summed E-state index contributed by atoms with van der Waals surface area (Å²) in [4.78, 5) is 13.9. The van der Waals surface area contributed by atoms with Gasteiger partial charge in [-0.25, -0.2) is 4.98 Å². The van der Waals surface area contributed by atoms with E-state index >= 15 is 0 Å². The third-order valence-electron chi connectivity index (χ3n) is 4.04. The molecule has 2 heterocycles. The van der Waals surface area contributed by atoms with E-state index < -0.39 is 0 Å². The van der Waals surface area contributed by atoms with Crippen LogP contribution in [-0.4, -0.2) is 53.6 Å². The fourth-order valence-corrected chi connectivity index (χ4v) is 2.64. The summed E-state index contributed by atoms with van der Waals surface area (Å²) >= 11 is 0. The van der Waals surface area contributed by atoms with Crippen LogP contribution < -0.4 is 10.6 Å². The van der Waals surface area contributed by atoms with Gasteiger partial charge in [-0.2, -0.15) is 0 Å².